The number of carbonyl (C=O) groups excluding carboxylic acids is 4. The summed E-state index contributed by atoms with van der Waals surface area (Å²) in [5, 5.41) is 0. The third kappa shape index (κ3) is 10.9. The topological polar surface area (TPSA) is 105 Å². The molecule has 0 amide bonds. The van der Waals surface area contributed by atoms with Crippen LogP contribution in [0.3, 0.4) is 0 Å². The first-order chi connectivity index (χ1) is 26.1. The molecule has 8 rings (SSSR count). The van der Waals surface area contributed by atoms with E-state index in [2.05, 4.69) is 0 Å². The van der Waals surface area contributed by atoms with Gasteiger partial charge in [0.15, 0.2) is 12.2 Å². The third-order valence-corrected chi connectivity index (χ3v) is 12.6. The molecule has 0 aromatic heterocycles. The smallest absolute Gasteiger partial charge is 0.310 e. The van der Waals surface area contributed by atoms with E-state index in [0.717, 1.165) is 126 Å². The fourth-order valence-electron chi connectivity index (χ4n) is 9.36. The van der Waals surface area contributed by atoms with Gasteiger partial charge in [-0.2, -0.15) is 0 Å². The van der Waals surface area contributed by atoms with Crippen molar-refractivity contribution < 1.29 is 47.1 Å². The standard InChI is InChI=1S/C44H62N2O8/c1-3-41(47)51-37-17-13-33(14-18-37)29-45-25-21-35(22-26-45)39(31-45)53-43(49)11-9-7-5-6-8-10-12-44(50)54-40-32-46(27-23-36(40)24-28-46)30-34-15-19-38(20-16-34)52-42(48)4-2/h13-20,35-36,39-40H,3-12,21-32H2,1-2H3/q+2. The number of piperidine rings is 6. The van der Waals surface area contributed by atoms with Crippen molar-refractivity contribution in [1.82, 2.24) is 0 Å². The van der Waals surface area contributed by atoms with Crippen LogP contribution in [0.5, 0.6) is 11.5 Å². The number of unbranched alkanes of at least 4 members (excludes halogenated alkanes) is 5. The van der Waals surface area contributed by atoms with Crippen molar-refractivity contribution in [3.8, 4) is 11.5 Å². The van der Waals surface area contributed by atoms with Crippen molar-refractivity contribution in [3.63, 3.8) is 0 Å². The van der Waals surface area contributed by atoms with Crippen LogP contribution in [-0.4, -0.2) is 84.3 Å². The zero-order chi connectivity index (χ0) is 38.0. The molecule has 0 radical (unpaired) electrons. The van der Waals surface area contributed by atoms with E-state index in [1.807, 2.05) is 48.5 Å². The summed E-state index contributed by atoms with van der Waals surface area (Å²) >= 11 is 0. The number of carbonyl (C=O) groups is 4. The number of hydrogen-bond acceptors (Lipinski definition) is 8. The largest absolute Gasteiger partial charge is 0.456 e. The van der Waals surface area contributed by atoms with Gasteiger partial charge < -0.3 is 27.9 Å². The van der Waals surface area contributed by atoms with Crippen LogP contribution in [0.25, 0.3) is 0 Å². The molecule has 0 saturated carbocycles. The molecule has 2 unspecified atom stereocenters. The van der Waals surface area contributed by atoms with Crippen LogP contribution in [0, 0.1) is 11.8 Å². The Balaban J connectivity index is 0.824. The van der Waals surface area contributed by atoms with Crippen LogP contribution in [0.2, 0.25) is 0 Å². The Kier molecular flexibility index (Phi) is 13.8. The van der Waals surface area contributed by atoms with Gasteiger partial charge >= 0.3 is 23.9 Å². The number of quaternary nitrogens is 2. The lowest BCUT2D eigenvalue weighted by atomic mass is 9.82. The van der Waals surface area contributed by atoms with E-state index < -0.39 is 0 Å². The molecule has 4 bridgehead atoms. The van der Waals surface area contributed by atoms with E-state index in [0.29, 0.717) is 49.0 Å². The van der Waals surface area contributed by atoms with Gasteiger partial charge in [0.1, 0.15) is 37.7 Å². The van der Waals surface area contributed by atoms with E-state index in [4.69, 9.17) is 18.9 Å². The highest BCUT2D eigenvalue weighted by molar-refractivity contribution is 5.72. The van der Waals surface area contributed by atoms with E-state index in [9.17, 15) is 19.2 Å². The number of esters is 4. The van der Waals surface area contributed by atoms with Gasteiger partial charge in [-0.15, -0.1) is 0 Å². The summed E-state index contributed by atoms with van der Waals surface area (Å²) in [4.78, 5) is 48.9. The van der Waals surface area contributed by atoms with Crippen LogP contribution >= 0.6 is 0 Å². The summed E-state index contributed by atoms with van der Waals surface area (Å²) in [7, 11) is 0. The SMILES string of the molecule is CCC(=O)Oc1ccc(C[N+]23CCC(CC2)C(OC(=O)CCCCCCCCC(=O)OC2C[N+]4(Cc5ccc(OC(=O)CC)cc5)CCC2CC4)C3)cc1. The summed E-state index contributed by atoms with van der Waals surface area (Å²) < 4.78 is 24.7. The third-order valence-electron chi connectivity index (χ3n) is 12.6. The lowest BCUT2D eigenvalue weighted by Gasteiger charge is -2.52. The Labute approximate surface area is 321 Å². The van der Waals surface area contributed by atoms with Crippen LogP contribution < -0.4 is 9.47 Å². The molecule has 0 aliphatic carbocycles. The highest BCUT2D eigenvalue weighted by Crippen LogP contribution is 2.39. The molecule has 54 heavy (non-hydrogen) atoms. The minimum atomic E-state index is -0.229. The molecule has 10 heteroatoms. The Hall–Kier alpha value is -3.76. The number of hydrogen-bond donors (Lipinski definition) is 0. The zero-order valence-electron chi connectivity index (χ0n) is 32.6. The first-order valence-electron chi connectivity index (χ1n) is 20.8. The molecule has 294 valence electrons. The predicted octanol–water partition coefficient (Wildman–Crippen LogP) is 7.44. The number of fused-ring (bicyclic) bond motifs is 6. The Morgan fingerprint density at radius 1 is 0.519 bits per heavy atom. The van der Waals surface area contributed by atoms with Crippen molar-refractivity contribution >= 4 is 23.9 Å². The minimum absolute atomic E-state index is 0.00474. The fourth-order valence-corrected chi connectivity index (χ4v) is 9.36. The van der Waals surface area contributed by atoms with Gasteiger partial charge in [-0.25, -0.2) is 0 Å². The maximum atomic E-state index is 12.8. The second-order valence-corrected chi connectivity index (χ2v) is 16.6. The van der Waals surface area contributed by atoms with Gasteiger partial charge in [0.2, 0.25) is 0 Å². The Morgan fingerprint density at radius 3 is 1.22 bits per heavy atom. The van der Waals surface area contributed by atoms with Gasteiger partial charge in [0.25, 0.3) is 0 Å². The molecule has 6 heterocycles. The van der Waals surface area contributed by atoms with E-state index >= 15 is 0 Å². The zero-order valence-corrected chi connectivity index (χ0v) is 32.6. The predicted molar refractivity (Wildman–Crippen MR) is 204 cm³/mol. The summed E-state index contributed by atoms with van der Waals surface area (Å²) in [6, 6.07) is 15.7. The molecule has 10 nitrogen and oxygen atoms in total. The number of ether oxygens (including phenoxy) is 4. The molecule has 6 fully saturated rings. The molecule has 6 aliphatic heterocycles. The second kappa shape index (κ2) is 18.7. The first-order valence-corrected chi connectivity index (χ1v) is 20.8. The monoisotopic (exact) mass is 746 g/mol. The maximum absolute atomic E-state index is 12.8. The van der Waals surface area contributed by atoms with Crippen LogP contribution in [0.1, 0.15) is 115 Å². The summed E-state index contributed by atoms with van der Waals surface area (Å²) in [6.45, 7) is 11.6. The molecule has 6 aliphatic rings. The lowest BCUT2D eigenvalue weighted by molar-refractivity contribution is -0.958. The number of rotatable bonds is 19. The van der Waals surface area contributed by atoms with Crippen molar-refractivity contribution in [2.24, 2.45) is 11.8 Å². The number of nitrogens with zero attached hydrogens (tertiary/aromatic N) is 2. The van der Waals surface area contributed by atoms with E-state index in [-0.39, 0.29) is 36.1 Å². The summed E-state index contributed by atoms with van der Waals surface area (Å²) in [5.74, 6) is 1.51. The average molecular weight is 747 g/mol. The second-order valence-electron chi connectivity index (χ2n) is 16.6. The van der Waals surface area contributed by atoms with Crippen LogP contribution in [0.15, 0.2) is 48.5 Å². The van der Waals surface area contributed by atoms with E-state index in [1.165, 1.54) is 11.1 Å². The Bertz CT molecular complexity index is 1440. The van der Waals surface area contributed by atoms with Crippen LogP contribution in [-0.2, 0) is 41.7 Å². The lowest BCUT2D eigenvalue weighted by Crippen LogP contribution is -2.63. The van der Waals surface area contributed by atoms with E-state index in [1.54, 1.807) is 13.8 Å². The van der Waals surface area contributed by atoms with Crippen LogP contribution in [0.4, 0.5) is 0 Å². The van der Waals surface area contributed by atoms with Gasteiger partial charge in [-0.3, -0.25) is 19.2 Å². The molecule has 0 N–H and O–H groups in total. The molecule has 2 aromatic rings. The van der Waals surface area contributed by atoms with Gasteiger partial charge in [-0.05, 0) is 61.4 Å². The normalized spacial score (nSPS) is 26.9. The quantitative estimate of drug-likeness (QED) is 0.0633. The fraction of sp³-hybridized carbons (Fsp3) is 0.636. The molecule has 0 spiro atoms. The molecule has 2 atom stereocenters. The van der Waals surface area contributed by atoms with Crippen molar-refractivity contribution in [1.29, 1.82) is 0 Å². The first kappa shape index (κ1) is 39.9. The van der Waals surface area contributed by atoms with Crippen molar-refractivity contribution in [2.75, 3.05) is 39.3 Å². The van der Waals surface area contributed by atoms with Gasteiger partial charge in [-0.1, -0.05) is 39.5 Å². The van der Waals surface area contributed by atoms with Crippen molar-refractivity contribution in [2.45, 2.75) is 129 Å². The highest BCUT2D eigenvalue weighted by Gasteiger charge is 2.48. The van der Waals surface area contributed by atoms with Gasteiger partial charge in [0, 0.05) is 74.3 Å². The van der Waals surface area contributed by atoms with Crippen molar-refractivity contribution in [3.05, 3.63) is 59.7 Å². The molecule has 6 saturated heterocycles. The summed E-state index contributed by atoms with van der Waals surface area (Å²) in [5.41, 5.74) is 2.43. The maximum Gasteiger partial charge on any atom is 0.310 e. The molecule has 2 aromatic carbocycles. The highest BCUT2D eigenvalue weighted by atomic mass is 16.6. The number of benzene rings is 2. The molecular weight excluding hydrogens is 684 g/mol. The Morgan fingerprint density at radius 2 is 0.870 bits per heavy atom. The minimum Gasteiger partial charge on any atom is -0.456 e. The average Bonchev–Trinajstić information content (AvgIpc) is 3.18. The summed E-state index contributed by atoms with van der Waals surface area (Å²) in [6.07, 6.45) is 11.8. The van der Waals surface area contributed by atoms with Gasteiger partial charge in [0.05, 0.1) is 26.2 Å². The molecular formula is C44H62N2O8+2.